The van der Waals surface area contributed by atoms with Crippen LogP contribution < -0.4 is 5.32 Å². The van der Waals surface area contributed by atoms with Crippen LogP contribution in [0.3, 0.4) is 0 Å². The van der Waals surface area contributed by atoms with E-state index < -0.39 is 0 Å². The Labute approximate surface area is 100 Å². The van der Waals surface area contributed by atoms with Crippen LogP contribution in [0.2, 0.25) is 0 Å². The lowest BCUT2D eigenvalue weighted by molar-refractivity contribution is 0.490. The van der Waals surface area contributed by atoms with Crippen molar-refractivity contribution in [2.24, 2.45) is 0 Å². The highest BCUT2D eigenvalue weighted by Crippen LogP contribution is 2.27. The number of benzene rings is 1. The highest BCUT2D eigenvalue weighted by molar-refractivity contribution is 9.10. The van der Waals surface area contributed by atoms with Crippen LogP contribution in [0.4, 0.5) is 4.39 Å². The van der Waals surface area contributed by atoms with Gasteiger partial charge in [-0.2, -0.15) is 0 Å². The Kier molecular flexibility index (Phi) is 3.31. The fourth-order valence-electron chi connectivity index (χ4n) is 1.25. The maximum Gasteiger partial charge on any atom is 0.248 e. The zero-order valence-electron chi connectivity index (χ0n) is 8.50. The van der Waals surface area contributed by atoms with Gasteiger partial charge in [0.2, 0.25) is 11.8 Å². The molecule has 0 saturated heterocycles. The SMILES string of the molecule is CNCc1nnc(-c2ccc(F)cc2Br)o1. The number of hydrogen-bond donors (Lipinski definition) is 1. The maximum atomic E-state index is 12.9. The molecule has 0 aliphatic rings. The summed E-state index contributed by atoms with van der Waals surface area (Å²) in [4.78, 5) is 0. The molecule has 0 aliphatic heterocycles. The average molecular weight is 286 g/mol. The lowest BCUT2D eigenvalue weighted by Gasteiger charge is -1.98. The predicted molar refractivity (Wildman–Crippen MR) is 60.2 cm³/mol. The van der Waals surface area contributed by atoms with Gasteiger partial charge in [0.1, 0.15) is 5.82 Å². The second-order valence-electron chi connectivity index (χ2n) is 3.16. The Morgan fingerprint density at radius 2 is 2.25 bits per heavy atom. The molecule has 1 aromatic heterocycles. The lowest BCUT2D eigenvalue weighted by Crippen LogP contribution is -2.04. The predicted octanol–water partition coefficient (Wildman–Crippen LogP) is 2.36. The molecule has 16 heavy (non-hydrogen) atoms. The first kappa shape index (κ1) is 11.2. The summed E-state index contributed by atoms with van der Waals surface area (Å²) in [6.07, 6.45) is 0. The molecule has 1 heterocycles. The fraction of sp³-hybridized carbons (Fsp3) is 0.200. The zero-order chi connectivity index (χ0) is 11.5. The normalized spacial score (nSPS) is 10.7. The third-order valence-electron chi connectivity index (χ3n) is 1.96. The van der Waals surface area contributed by atoms with Crippen molar-refractivity contribution in [2.45, 2.75) is 6.54 Å². The molecule has 0 amide bonds. The first-order valence-electron chi connectivity index (χ1n) is 4.63. The molecule has 1 N–H and O–H groups in total. The van der Waals surface area contributed by atoms with Crippen LogP contribution in [0.1, 0.15) is 5.89 Å². The molecule has 0 saturated carbocycles. The molecule has 0 atom stereocenters. The minimum absolute atomic E-state index is 0.314. The Morgan fingerprint density at radius 1 is 1.44 bits per heavy atom. The Bertz CT molecular complexity index is 501. The Morgan fingerprint density at radius 3 is 2.94 bits per heavy atom. The third kappa shape index (κ3) is 2.28. The highest BCUT2D eigenvalue weighted by Gasteiger charge is 2.11. The second kappa shape index (κ2) is 4.71. The van der Waals surface area contributed by atoms with Crippen molar-refractivity contribution in [1.29, 1.82) is 0 Å². The molecule has 0 bridgehead atoms. The van der Waals surface area contributed by atoms with Gasteiger partial charge in [0.25, 0.3) is 0 Å². The largest absolute Gasteiger partial charge is 0.419 e. The van der Waals surface area contributed by atoms with Crippen LogP contribution in [0.5, 0.6) is 0 Å². The van der Waals surface area contributed by atoms with E-state index in [-0.39, 0.29) is 5.82 Å². The summed E-state index contributed by atoms with van der Waals surface area (Å²) in [7, 11) is 1.79. The standard InChI is InChI=1S/C10H9BrFN3O/c1-13-5-9-14-15-10(16-9)7-3-2-6(12)4-8(7)11/h2-4,13H,5H2,1H3. The van der Waals surface area contributed by atoms with Gasteiger partial charge in [-0.05, 0) is 41.2 Å². The molecular formula is C10H9BrFN3O. The van der Waals surface area contributed by atoms with E-state index in [0.717, 1.165) is 0 Å². The van der Waals surface area contributed by atoms with Crippen molar-refractivity contribution >= 4 is 15.9 Å². The average Bonchev–Trinajstić information content (AvgIpc) is 2.67. The van der Waals surface area contributed by atoms with E-state index in [1.807, 2.05) is 0 Å². The van der Waals surface area contributed by atoms with Gasteiger partial charge in [-0.15, -0.1) is 10.2 Å². The monoisotopic (exact) mass is 285 g/mol. The van der Waals surface area contributed by atoms with Gasteiger partial charge < -0.3 is 9.73 Å². The van der Waals surface area contributed by atoms with Crippen molar-refractivity contribution < 1.29 is 8.81 Å². The van der Waals surface area contributed by atoms with E-state index in [2.05, 4.69) is 31.4 Å². The van der Waals surface area contributed by atoms with Crippen LogP contribution in [0, 0.1) is 5.82 Å². The molecule has 6 heteroatoms. The molecule has 0 fully saturated rings. The van der Waals surface area contributed by atoms with Gasteiger partial charge >= 0.3 is 0 Å². The van der Waals surface area contributed by atoms with E-state index in [0.29, 0.717) is 28.4 Å². The van der Waals surface area contributed by atoms with Gasteiger partial charge in [-0.1, -0.05) is 0 Å². The second-order valence-corrected chi connectivity index (χ2v) is 4.01. The summed E-state index contributed by atoms with van der Waals surface area (Å²) >= 11 is 3.25. The van der Waals surface area contributed by atoms with Crippen LogP contribution in [0.25, 0.3) is 11.5 Å². The number of nitrogens with zero attached hydrogens (tertiary/aromatic N) is 2. The molecule has 84 valence electrons. The number of halogens is 2. The summed E-state index contributed by atoms with van der Waals surface area (Å²) in [6.45, 7) is 0.506. The van der Waals surface area contributed by atoms with Crippen LogP contribution >= 0.6 is 15.9 Å². The van der Waals surface area contributed by atoms with Crippen molar-refractivity contribution in [3.05, 3.63) is 34.4 Å². The minimum atomic E-state index is -0.314. The molecule has 0 unspecified atom stereocenters. The van der Waals surface area contributed by atoms with Crippen LogP contribution in [-0.2, 0) is 6.54 Å². The van der Waals surface area contributed by atoms with Gasteiger partial charge in [0.05, 0.1) is 12.1 Å². The number of rotatable bonds is 3. The minimum Gasteiger partial charge on any atom is -0.419 e. The van der Waals surface area contributed by atoms with Crippen molar-refractivity contribution in [2.75, 3.05) is 7.05 Å². The third-order valence-corrected chi connectivity index (χ3v) is 2.61. The van der Waals surface area contributed by atoms with Crippen LogP contribution in [-0.4, -0.2) is 17.2 Å². The molecule has 1 aromatic carbocycles. The number of aromatic nitrogens is 2. The Hall–Kier alpha value is -1.27. The van der Waals surface area contributed by atoms with E-state index >= 15 is 0 Å². The van der Waals surface area contributed by atoms with Gasteiger partial charge in [-0.3, -0.25) is 0 Å². The van der Waals surface area contributed by atoms with Crippen molar-refractivity contribution in [3.63, 3.8) is 0 Å². The number of hydrogen-bond acceptors (Lipinski definition) is 4. The van der Waals surface area contributed by atoms with E-state index in [4.69, 9.17) is 4.42 Å². The van der Waals surface area contributed by atoms with Gasteiger partial charge in [-0.25, -0.2) is 4.39 Å². The molecule has 0 spiro atoms. The van der Waals surface area contributed by atoms with Crippen LogP contribution in [0.15, 0.2) is 27.1 Å². The topological polar surface area (TPSA) is 51.0 Å². The van der Waals surface area contributed by atoms with E-state index in [1.54, 1.807) is 13.1 Å². The van der Waals surface area contributed by atoms with E-state index in [9.17, 15) is 4.39 Å². The molecule has 2 rings (SSSR count). The summed E-state index contributed by atoms with van der Waals surface area (Å²) < 4.78 is 18.9. The zero-order valence-corrected chi connectivity index (χ0v) is 10.1. The summed E-state index contributed by atoms with van der Waals surface area (Å²) in [5, 5.41) is 10.6. The summed E-state index contributed by atoms with van der Waals surface area (Å²) in [6, 6.07) is 4.30. The van der Waals surface area contributed by atoms with E-state index in [1.165, 1.54) is 12.1 Å². The molecule has 2 aromatic rings. The lowest BCUT2D eigenvalue weighted by atomic mass is 10.2. The van der Waals surface area contributed by atoms with Gasteiger partial charge in [0, 0.05) is 4.47 Å². The first-order chi connectivity index (χ1) is 7.70. The first-order valence-corrected chi connectivity index (χ1v) is 5.42. The maximum absolute atomic E-state index is 12.9. The fourth-order valence-corrected chi connectivity index (χ4v) is 1.77. The Balaban J connectivity index is 2.35. The molecule has 4 nitrogen and oxygen atoms in total. The quantitative estimate of drug-likeness (QED) is 0.941. The molecule has 0 aliphatic carbocycles. The highest BCUT2D eigenvalue weighted by atomic mass is 79.9. The number of nitrogens with one attached hydrogen (secondary N) is 1. The molecular weight excluding hydrogens is 277 g/mol. The van der Waals surface area contributed by atoms with Gasteiger partial charge in [0.15, 0.2) is 0 Å². The molecule has 0 radical (unpaired) electrons. The smallest absolute Gasteiger partial charge is 0.248 e. The van der Waals surface area contributed by atoms with Crippen molar-refractivity contribution in [3.8, 4) is 11.5 Å². The summed E-state index contributed by atoms with van der Waals surface area (Å²) in [5.74, 6) is 0.552. The van der Waals surface area contributed by atoms with Crippen molar-refractivity contribution in [1.82, 2.24) is 15.5 Å². The summed E-state index contributed by atoms with van der Waals surface area (Å²) in [5.41, 5.74) is 0.677.